The Morgan fingerprint density at radius 1 is 1.08 bits per heavy atom. The summed E-state index contributed by atoms with van der Waals surface area (Å²) in [6.45, 7) is 1.97. The Hall–Kier alpha value is -4.87. The van der Waals surface area contributed by atoms with Gasteiger partial charge in [0, 0.05) is 25.1 Å². The van der Waals surface area contributed by atoms with Gasteiger partial charge >= 0.3 is 5.97 Å². The van der Waals surface area contributed by atoms with Crippen LogP contribution in [0.1, 0.15) is 46.3 Å². The molecule has 0 saturated heterocycles. The van der Waals surface area contributed by atoms with Crippen molar-refractivity contribution in [1.29, 1.82) is 0 Å². The molecule has 3 N–H and O–H groups in total. The quantitative estimate of drug-likeness (QED) is 0.346. The average Bonchev–Trinajstić information content (AvgIpc) is 3.60. The molecular formula is C27H26N2O10. The van der Waals surface area contributed by atoms with E-state index in [9.17, 15) is 19.5 Å². The number of esters is 1. The number of aromatic hydroxyl groups is 1. The van der Waals surface area contributed by atoms with E-state index in [4.69, 9.17) is 28.4 Å². The highest BCUT2D eigenvalue weighted by Crippen LogP contribution is 2.45. The third kappa shape index (κ3) is 5.13. The van der Waals surface area contributed by atoms with Crippen LogP contribution in [0.2, 0.25) is 0 Å². The Kier molecular flexibility index (Phi) is 7.17. The summed E-state index contributed by atoms with van der Waals surface area (Å²) in [6, 6.07) is 8.52. The smallest absolute Gasteiger partial charge is 0.343 e. The van der Waals surface area contributed by atoms with Gasteiger partial charge in [-0.3, -0.25) is 9.59 Å². The first-order valence-electron chi connectivity index (χ1n) is 12.1. The van der Waals surface area contributed by atoms with Gasteiger partial charge in [-0.25, -0.2) is 4.79 Å². The Balaban J connectivity index is 1.49. The number of hydrogen-bond donors (Lipinski definition) is 3. The monoisotopic (exact) mass is 538 g/mol. The van der Waals surface area contributed by atoms with Gasteiger partial charge in [-0.05, 0) is 42.3 Å². The van der Waals surface area contributed by atoms with E-state index in [-0.39, 0.29) is 44.3 Å². The third-order valence-electron chi connectivity index (χ3n) is 6.35. The SMILES string of the molecule is CCOC(=O)c1c[nH]c(=O)c([C@@H](CC(=O)NCc2ccc3c(c2)OCO3)c2cc(OC)c3c(c2)OCO3)c1O. The largest absolute Gasteiger partial charge is 0.506 e. The lowest BCUT2D eigenvalue weighted by Gasteiger charge is -2.20. The number of carbonyl (C=O) groups excluding carboxylic acids is 2. The molecule has 0 radical (unpaired) electrons. The molecule has 2 aliphatic heterocycles. The van der Waals surface area contributed by atoms with Crippen molar-refractivity contribution in [3.05, 3.63) is 69.1 Å². The first-order valence-corrected chi connectivity index (χ1v) is 12.1. The number of benzene rings is 2. The van der Waals surface area contributed by atoms with Gasteiger partial charge in [-0.1, -0.05) is 6.07 Å². The number of fused-ring (bicyclic) bond motifs is 2. The van der Waals surface area contributed by atoms with E-state index in [1.54, 1.807) is 37.3 Å². The minimum atomic E-state index is -0.997. The van der Waals surface area contributed by atoms with Crippen LogP contribution in [0.25, 0.3) is 0 Å². The maximum absolute atomic E-state index is 13.2. The van der Waals surface area contributed by atoms with Crippen LogP contribution in [0.4, 0.5) is 0 Å². The number of amides is 1. The highest BCUT2D eigenvalue weighted by Gasteiger charge is 2.31. The van der Waals surface area contributed by atoms with Crippen LogP contribution in [-0.2, 0) is 16.1 Å². The van der Waals surface area contributed by atoms with Crippen molar-refractivity contribution in [2.75, 3.05) is 27.3 Å². The Morgan fingerprint density at radius 3 is 2.64 bits per heavy atom. The number of hydrogen-bond acceptors (Lipinski definition) is 10. The normalized spacial score (nSPS) is 13.6. The molecule has 0 unspecified atom stereocenters. The first-order chi connectivity index (χ1) is 18.9. The molecule has 1 amide bonds. The molecule has 1 aromatic heterocycles. The van der Waals surface area contributed by atoms with Crippen LogP contribution in [-0.4, -0.2) is 49.3 Å². The van der Waals surface area contributed by atoms with Crippen molar-refractivity contribution in [1.82, 2.24) is 10.3 Å². The second-order valence-corrected chi connectivity index (χ2v) is 8.69. The summed E-state index contributed by atoms with van der Waals surface area (Å²) in [7, 11) is 1.44. The molecule has 12 heteroatoms. The fraction of sp³-hybridized carbons (Fsp3) is 0.296. The number of carbonyl (C=O) groups is 2. The number of nitrogens with one attached hydrogen (secondary N) is 2. The molecule has 39 heavy (non-hydrogen) atoms. The van der Waals surface area contributed by atoms with Gasteiger partial charge in [-0.2, -0.15) is 0 Å². The van der Waals surface area contributed by atoms with Crippen LogP contribution in [0.3, 0.4) is 0 Å². The van der Waals surface area contributed by atoms with E-state index in [0.717, 1.165) is 11.8 Å². The van der Waals surface area contributed by atoms with E-state index in [1.807, 2.05) is 0 Å². The fourth-order valence-corrected chi connectivity index (χ4v) is 4.47. The first kappa shape index (κ1) is 25.8. The van der Waals surface area contributed by atoms with Gasteiger partial charge in [0.1, 0.15) is 11.3 Å². The fourth-order valence-electron chi connectivity index (χ4n) is 4.47. The number of methoxy groups -OCH3 is 1. The highest BCUT2D eigenvalue weighted by molar-refractivity contribution is 5.92. The summed E-state index contributed by atoms with van der Waals surface area (Å²) < 4.78 is 32.1. The zero-order chi connectivity index (χ0) is 27.5. The van der Waals surface area contributed by atoms with Gasteiger partial charge in [0.25, 0.3) is 5.56 Å². The topological polar surface area (TPSA) is 155 Å². The number of rotatable bonds is 9. The number of aromatic amines is 1. The molecule has 12 nitrogen and oxygen atoms in total. The highest BCUT2D eigenvalue weighted by atomic mass is 16.7. The summed E-state index contributed by atoms with van der Waals surface area (Å²) in [4.78, 5) is 41.2. The summed E-state index contributed by atoms with van der Waals surface area (Å²) in [5.41, 5.74) is 0.116. The minimum absolute atomic E-state index is 0.0278. The van der Waals surface area contributed by atoms with E-state index in [1.165, 1.54) is 7.11 Å². The third-order valence-corrected chi connectivity index (χ3v) is 6.35. The molecular weight excluding hydrogens is 512 g/mol. The lowest BCUT2D eigenvalue weighted by Crippen LogP contribution is -2.27. The second-order valence-electron chi connectivity index (χ2n) is 8.69. The zero-order valence-corrected chi connectivity index (χ0v) is 21.2. The van der Waals surface area contributed by atoms with Crippen LogP contribution in [0.15, 0.2) is 41.3 Å². The van der Waals surface area contributed by atoms with Gasteiger partial charge in [0.15, 0.2) is 23.0 Å². The van der Waals surface area contributed by atoms with Gasteiger partial charge in [0.2, 0.25) is 25.2 Å². The van der Waals surface area contributed by atoms with Crippen molar-refractivity contribution in [2.45, 2.75) is 25.8 Å². The Labute approximate surface area is 222 Å². The maximum atomic E-state index is 13.2. The van der Waals surface area contributed by atoms with Crippen molar-refractivity contribution < 1.29 is 43.1 Å². The molecule has 1 atom stereocenters. The molecule has 3 heterocycles. The van der Waals surface area contributed by atoms with Crippen molar-refractivity contribution in [2.24, 2.45) is 0 Å². The lowest BCUT2D eigenvalue weighted by molar-refractivity contribution is -0.121. The van der Waals surface area contributed by atoms with Gasteiger partial charge in [0.05, 0.1) is 19.3 Å². The molecule has 2 aromatic carbocycles. The van der Waals surface area contributed by atoms with Crippen molar-refractivity contribution in [3.63, 3.8) is 0 Å². The average molecular weight is 539 g/mol. The number of H-pyrrole nitrogens is 1. The molecule has 0 spiro atoms. The maximum Gasteiger partial charge on any atom is 0.343 e. The Morgan fingerprint density at radius 2 is 1.85 bits per heavy atom. The molecule has 0 saturated carbocycles. The number of ether oxygens (including phenoxy) is 6. The van der Waals surface area contributed by atoms with Gasteiger partial charge < -0.3 is 43.8 Å². The predicted octanol–water partition coefficient (Wildman–Crippen LogP) is 2.56. The zero-order valence-electron chi connectivity index (χ0n) is 21.2. The van der Waals surface area contributed by atoms with Crippen LogP contribution in [0, 0.1) is 0 Å². The van der Waals surface area contributed by atoms with Crippen LogP contribution < -0.4 is 34.6 Å². The van der Waals surface area contributed by atoms with E-state index in [0.29, 0.717) is 34.3 Å². The van der Waals surface area contributed by atoms with E-state index in [2.05, 4.69) is 10.3 Å². The summed E-state index contributed by atoms with van der Waals surface area (Å²) in [5, 5.41) is 13.9. The molecule has 2 aliphatic rings. The lowest BCUT2D eigenvalue weighted by atomic mass is 9.87. The summed E-state index contributed by atoms with van der Waals surface area (Å²) in [5.74, 6) is -0.555. The molecule has 204 valence electrons. The molecule has 5 rings (SSSR count). The number of aromatic nitrogens is 1. The van der Waals surface area contributed by atoms with Crippen molar-refractivity contribution in [3.8, 4) is 34.5 Å². The molecule has 3 aromatic rings. The predicted molar refractivity (Wildman–Crippen MR) is 135 cm³/mol. The van der Waals surface area contributed by atoms with E-state index < -0.39 is 29.1 Å². The van der Waals surface area contributed by atoms with E-state index >= 15 is 0 Å². The molecule has 0 aliphatic carbocycles. The number of pyridine rings is 1. The molecule has 0 bridgehead atoms. The summed E-state index contributed by atoms with van der Waals surface area (Å²) >= 11 is 0. The second kappa shape index (κ2) is 10.9. The van der Waals surface area contributed by atoms with Crippen molar-refractivity contribution >= 4 is 11.9 Å². The molecule has 0 fully saturated rings. The minimum Gasteiger partial charge on any atom is -0.506 e. The Bertz CT molecular complexity index is 1480. The van der Waals surface area contributed by atoms with Gasteiger partial charge in [-0.15, -0.1) is 0 Å². The van der Waals surface area contributed by atoms with Crippen LogP contribution in [0.5, 0.6) is 34.5 Å². The van der Waals surface area contributed by atoms with Crippen LogP contribution >= 0.6 is 0 Å². The summed E-state index contributed by atoms with van der Waals surface area (Å²) in [6.07, 6.45) is 0.826. The standard InChI is InChI=1S/C27H26N2O10/c1-3-35-27(33)17-11-29-26(32)23(24(17)31)16(15-7-20(34-2)25-21(8-15)38-13-39-25)9-22(30)28-10-14-4-5-18-19(6-14)37-12-36-18/h4-8,11,16H,3,9-10,12-13H2,1-2H3,(H,28,30)(H2,29,31,32)/t16-/m0/s1.